The van der Waals surface area contributed by atoms with E-state index in [-0.39, 0.29) is 0 Å². The highest BCUT2D eigenvalue weighted by Gasteiger charge is 2.26. The van der Waals surface area contributed by atoms with Crippen molar-refractivity contribution in [2.75, 3.05) is 55.7 Å². The number of morpholine rings is 1. The molecule has 3 heterocycles. The molecule has 0 aromatic carbocycles. The highest BCUT2D eigenvalue weighted by Crippen LogP contribution is 2.20. The van der Waals surface area contributed by atoms with E-state index in [1.54, 1.807) is 0 Å². The number of carboxylic acids is 1. The lowest BCUT2D eigenvalue weighted by Crippen LogP contribution is -2.54. The van der Waals surface area contributed by atoms with Gasteiger partial charge in [-0.3, -0.25) is 4.79 Å². The van der Waals surface area contributed by atoms with Gasteiger partial charge in [-0.05, 0) is 6.42 Å². The number of piperazine rings is 1. The lowest BCUT2D eigenvalue weighted by atomic mass is 10.2. The molecule has 126 valence electrons. The number of nitrogens with one attached hydrogen (secondary N) is 1. The van der Waals surface area contributed by atoms with Gasteiger partial charge in [0.05, 0.1) is 13.2 Å². The number of rotatable bonds is 4. The van der Waals surface area contributed by atoms with Crippen LogP contribution in [0.25, 0.3) is 0 Å². The highest BCUT2D eigenvalue weighted by molar-refractivity contribution is 5.74. The van der Waals surface area contributed by atoms with Crippen molar-refractivity contribution in [1.82, 2.24) is 15.3 Å². The van der Waals surface area contributed by atoms with Crippen LogP contribution in [0.1, 0.15) is 12.6 Å². The molecule has 2 saturated heterocycles. The lowest BCUT2D eigenvalue weighted by molar-refractivity contribution is -0.139. The number of anilines is 2. The normalized spacial score (nSPS) is 22.2. The number of aromatic nitrogens is 2. The number of carboxylic acid groups (broad SMARTS) is 1. The predicted octanol–water partition coefficient (Wildman–Crippen LogP) is -0.262. The summed E-state index contributed by atoms with van der Waals surface area (Å²) in [4.78, 5) is 24.7. The first kappa shape index (κ1) is 15.9. The molecular formula is C15H23N5O3. The van der Waals surface area contributed by atoms with Crippen molar-refractivity contribution >= 4 is 17.7 Å². The van der Waals surface area contributed by atoms with E-state index in [2.05, 4.69) is 27.1 Å². The van der Waals surface area contributed by atoms with Crippen molar-refractivity contribution in [2.45, 2.75) is 19.4 Å². The summed E-state index contributed by atoms with van der Waals surface area (Å²) in [5.41, 5.74) is 0.974. The SMILES string of the molecule is CCc1cc(N2CCNC(C(=O)O)C2)nc(N2CCOCC2)n1. The topological polar surface area (TPSA) is 90.8 Å². The van der Waals surface area contributed by atoms with Gasteiger partial charge in [-0.25, -0.2) is 4.98 Å². The zero-order valence-corrected chi connectivity index (χ0v) is 13.4. The largest absolute Gasteiger partial charge is 0.480 e. The monoisotopic (exact) mass is 321 g/mol. The van der Waals surface area contributed by atoms with E-state index in [1.807, 2.05) is 11.0 Å². The molecule has 1 atom stereocenters. The van der Waals surface area contributed by atoms with Crippen LogP contribution < -0.4 is 15.1 Å². The number of hydrogen-bond acceptors (Lipinski definition) is 7. The predicted molar refractivity (Wildman–Crippen MR) is 86.1 cm³/mol. The van der Waals surface area contributed by atoms with Crippen LogP contribution in [0.2, 0.25) is 0 Å². The van der Waals surface area contributed by atoms with Crippen LogP contribution in [0.15, 0.2) is 6.07 Å². The molecule has 0 saturated carbocycles. The average Bonchev–Trinajstić information content (AvgIpc) is 2.62. The van der Waals surface area contributed by atoms with E-state index in [0.717, 1.165) is 37.6 Å². The highest BCUT2D eigenvalue weighted by atomic mass is 16.5. The summed E-state index contributed by atoms with van der Waals surface area (Å²) in [7, 11) is 0. The zero-order valence-electron chi connectivity index (χ0n) is 13.4. The molecule has 1 aromatic heterocycles. The van der Waals surface area contributed by atoms with Gasteiger partial charge in [0.15, 0.2) is 0 Å². The number of hydrogen-bond donors (Lipinski definition) is 2. The van der Waals surface area contributed by atoms with Crippen molar-refractivity contribution in [2.24, 2.45) is 0 Å². The third-order valence-electron chi connectivity index (χ3n) is 4.21. The Balaban J connectivity index is 1.84. The molecule has 8 nitrogen and oxygen atoms in total. The molecule has 8 heteroatoms. The molecule has 0 bridgehead atoms. The molecule has 0 aliphatic carbocycles. The van der Waals surface area contributed by atoms with Crippen LogP contribution in [0.3, 0.4) is 0 Å². The van der Waals surface area contributed by atoms with E-state index < -0.39 is 12.0 Å². The summed E-state index contributed by atoms with van der Waals surface area (Å²) in [5, 5.41) is 12.2. The van der Waals surface area contributed by atoms with Crippen molar-refractivity contribution in [3.63, 3.8) is 0 Å². The van der Waals surface area contributed by atoms with Crippen LogP contribution in [0.5, 0.6) is 0 Å². The lowest BCUT2D eigenvalue weighted by Gasteiger charge is -2.33. The summed E-state index contributed by atoms with van der Waals surface area (Å²) < 4.78 is 5.38. The number of aryl methyl sites for hydroxylation is 1. The van der Waals surface area contributed by atoms with Gasteiger partial charge < -0.3 is 25.0 Å². The minimum Gasteiger partial charge on any atom is -0.480 e. The van der Waals surface area contributed by atoms with E-state index >= 15 is 0 Å². The number of aliphatic carboxylic acids is 1. The second-order valence-electron chi connectivity index (χ2n) is 5.76. The first-order valence-electron chi connectivity index (χ1n) is 8.09. The third-order valence-corrected chi connectivity index (χ3v) is 4.21. The first-order valence-corrected chi connectivity index (χ1v) is 8.09. The molecule has 2 aliphatic rings. The van der Waals surface area contributed by atoms with Gasteiger partial charge in [-0.1, -0.05) is 6.92 Å². The van der Waals surface area contributed by atoms with Gasteiger partial charge >= 0.3 is 5.97 Å². The third kappa shape index (κ3) is 3.70. The number of carbonyl (C=O) groups is 1. The maximum Gasteiger partial charge on any atom is 0.322 e. The molecule has 0 radical (unpaired) electrons. The Bertz CT molecular complexity index is 562. The van der Waals surface area contributed by atoms with E-state index in [9.17, 15) is 9.90 Å². The number of ether oxygens (including phenoxy) is 1. The smallest absolute Gasteiger partial charge is 0.322 e. The van der Waals surface area contributed by atoms with E-state index in [4.69, 9.17) is 4.74 Å². The molecular weight excluding hydrogens is 298 g/mol. The summed E-state index contributed by atoms with van der Waals surface area (Å²) in [6.07, 6.45) is 0.821. The quantitative estimate of drug-likeness (QED) is 0.784. The second-order valence-corrected chi connectivity index (χ2v) is 5.76. The Kier molecular flexibility index (Phi) is 4.92. The van der Waals surface area contributed by atoms with E-state index in [1.165, 1.54) is 0 Å². The van der Waals surface area contributed by atoms with Gasteiger partial charge in [-0.2, -0.15) is 4.98 Å². The fourth-order valence-electron chi connectivity index (χ4n) is 2.84. The van der Waals surface area contributed by atoms with Gasteiger partial charge in [0.1, 0.15) is 11.9 Å². The Morgan fingerprint density at radius 2 is 2.13 bits per heavy atom. The maximum atomic E-state index is 11.2. The van der Waals surface area contributed by atoms with Crippen LogP contribution >= 0.6 is 0 Å². The second kappa shape index (κ2) is 7.10. The minimum absolute atomic E-state index is 0.415. The van der Waals surface area contributed by atoms with Crippen molar-refractivity contribution < 1.29 is 14.6 Å². The minimum atomic E-state index is -0.826. The van der Waals surface area contributed by atoms with Crippen molar-refractivity contribution in [3.8, 4) is 0 Å². The van der Waals surface area contributed by atoms with Gasteiger partial charge in [0, 0.05) is 44.5 Å². The zero-order chi connectivity index (χ0) is 16.2. The summed E-state index contributed by atoms with van der Waals surface area (Å²) in [6, 6.07) is 1.41. The van der Waals surface area contributed by atoms with Crippen LogP contribution in [0, 0.1) is 0 Å². The molecule has 23 heavy (non-hydrogen) atoms. The molecule has 2 fully saturated rings. The Hall–Kier alpha value is -1.93. The van der Waals surface area contributed by atoms with Gasteiger partial charge in [0.25, 0.3) is 0 Å². The molecule has 1 unspecified atom stereocenters. The van der Waals surface area contributed by atoms with E-state index in [0.29, 0.717) is 32.3 Å². The van der Waals surface area contributed by atoms with Gasteiger partial charge in [-0.15, -0.1) is 0 Å². The first-order chi connectivity index (χ1) is 11.2. The molecule has 2 aliphatic heterocycles. The molecule has 2 N–H and O–H groups in total. The van der Waals surface area contributed by atoms with Crippen LogP contribution in [-0.2, 0) is 16.0 Å². The Morgan fingerprint density at radius 1 is 1.35 bits per heavy atom. The standard InChI is InChI=1S/C15H23N5O3/c1-2-11-9-13(20-4-3-16-12(10-20)14(21)22)18-15(17-11)19-5-7-23-8-6-19/h9,12,16H,2-8,10H2,1H3,(H,21,22). The molecule has 3 rings (SSSR count). The summed E-state index contributed by atoms with van der Waals surface area (Å²) in [5.74, 6) is 0.701. The van der Waals surface area contributed by atoms with Crippen molar-refractivity contribution in [1.29, 1.82) is 0 Å². The average molecular weight is 321 g/mol. The summed E-state index contributed by atoms with van der Waals surface area (Å²) in [6.45, 7) is 6.79. The van der Waals surface area contributed by atoms with Crippen molar-refractivity contribution in [3.05, 3.63) is 11.8 Å². The fourth-order valence-corrected chi connectivity index (χ4v) is 2.84. The Labute approximate surface area is 135 Å². The van der Waals surface area contributed by atoms with Crippen LogP contribution in [-0.4, -0.2) is 73.0 Å². The summed E-state index contributed by atoms with van der Waals surface area (Å²) >= 11 is 0. The van der Waals surface area contributed by atoms with Gasteiger partial charge in [0.2, 0.25) is 5.95 Å². The fraction of sp³-hybridized carbons (Fsp3) is 0.667. The molecule has 0 amide bonds. The van der Waals surface area contributed by atoms with Crippen LogP contribution in [0.4, 0.5) is 11.8 Å². The Morgan fingerprint density at radius 3 is 2.83 bits per heavy atom. The maximum absolute atomic E-state index is 11.2. The molecule has 0 spiro atoms. The molecule has 1 aromatic rings. The number of nitrogens with zero attached hydrogens (tertiary/aromatic N) is 4.